The molecule has 0 amide bonds. The van der Waals surface area contributed by atoms with E-state index >= 15 is 0 Å². The Morgan fingerprint density at radius 2 is 1.75 bits per heavy atom. The molecular weight excluding hydrogens is 164 g/mol. The summed E-state index contributed by atoms with van der Waals surface area (Å²) in [6.07, 6.45) is 0.595. The van der Waals surface area contributed by atoms with Gasteiger partial charge in [0.2, 0.25) is 0 Å². The van der Waals surface area contributed by atoms with Crippen molar-refractivity contribution >= 4 is 12.1 Å². The van der Waals surface area contributed by atoms with Crippen LogP contribution >= 0.6 is 0 Å². The van der Waals surface area contributed by atoms with Crippen molar-refractivity contribution in [1.29, 1.82) is 0 Å². The van der Waals surface area contributed by atoms with Crippen LogP contribution in [0.3, 0.4) is 0 Å². The first kappa shape index (κ1) is 13.3. The fourth-order valence-corrected chi connectivity index (χ4v) is 0.304. The van der Waals surface area contributed by atoms with Gasteiger partial charge >= 0.3 is 6.16 Å². The number of unbranched alkanes of at least 4 members (excludes halogenated alkanes) is 1. The summed E-state index contributed by atoms with van der Waals surface area (Å²) in [5, 5.41) is 15.3. The van der Waals surface area contributed by atoms with Crippen molar-refractivity contribution in [1.82, 2.24) is 0 Å². The van der Waals surface area contributed by atoms with E-state index in [2.05, 4.69) is 4.74 Å². The molecule has 0 spiro atoms. The maximum absolute atomic E-state index is 9.65. The summed E-state index contributed by atoms with van der Waals surface area (Å²) in [7, 11) is 0. The fourth-order valence-electron chi connectivity index (χ4n) is 0.304. The monoisotopic (exact) mass is 178 g/mol. The molecule has 2 N–H and O–H groups in total. The molecule has 72 valence electrons. The minimum atomic E-state index is -1.18. The SMILES string of the molecule is CC(=O)O.CCCCOC(=O)O. The van der Waals surface area contributed by atoms with Gasteiger partial charge in [-0.05, 0) is 6.42 Å². The van der Waals surface area contributed by atoms with Crippen molar-refractivity contribution in [2.75, 3.05) is 6.61 Å². The zero-order valence-electron chi connectivity index (χ0n) is 7.24. The highest BCUT2D eigenvalue weighted by molar-refractivity contribution is 5.62. The van der Waals surface area contributed by atoms with Gasteiger partial charge < -0.3 is 14.9 Å². The number of rotatable bonds is 3. The molecule has 12 heavy (non-hydrogen) atoms. The summed E-state index contributed by atoms with van der Waals surface area (Å²) in [4.78, 5) is 18.7. The quantitative estimate of drug-likeness (QED) is 0.506. The van der Waals surface area contributed by atoms with Gasteiger partial charge in [0.15, 0.2) is 0 Å². The van der Waals surface area contributed by atoms with Crippen LogP contribution in [0.25, 0.3) is 0 Å². The maximum atomic E-state index is 9.65. The molecule has 0 fully saturated rings. The van der Waals surface area contributed by atoms with Gasteiger partial charge in [0.05, 0.1) is 6.61 Å². The van der Waals surface area contributed by atoms with Crippen LogP contribution in [-0.4, -0.2) is 28.9 Å². The van der Waals surface area contributed by atoms with Crippen LogP contribution in [0.5, 0.6) is 0 Å². The van der Waals surface area contributed by atoms with Crippen molar-refractivity contribution in [3.8, 4) is 0 Å². The lowest BCUT2D eigenvalue weighted by molar-refractivity contribution is -0.134. The average molecular weight is 178 g/mol. The average Bonchev–Trinajstić information content (AvgIpc) is 1.86. The second-order valence-electron chi connectivity index (χ2n) is 1.99. The Hall–Kier alpha value is -1.26. The molecule has 0 unspecified atom stereocenters. The molecule has 0 radical (unpaired) electrons. The molecule has 0 aliphatic rings. The van der Waals surface area contributed by atoms with E-state index in [1.165, 1.54) is 0 Å². The molecule has 0 aliphatic heterocycles. The second kappa shape index (κ2) is 9.74. The van der Waals surface area contributed by atoms with Gasteiger partial charge in [-0.15, -0.1) is 0 Å². The lowest BCUT2D eigenvalue weighted by atomic mass is 10.4. The van der Waals surface area contributed by atoms with E-state index in [1.54, 1.807) is 0 Å². The summed E-state index contributed by atoms with van der Waals surface area (Å²) in [5.41, 5.74) is 0. The minimum absolute atomic E-state index is 0.325. The van der Waals surface area contributed by atoms with Gasteiger partial charge in [0.1, 0.15) is 0 Å². The van der Waals surface area contributed by atoms with E-state index in [0.717, 1.165) is 19.8 Å². The van der Waals surface area contributed by atoms with Crippen LogP contribution in [0.4, 0.5) is 4.79 Å². The van der Waals surface area contributed by atoms with Gasteiger partial charge in [-0.1, -0.05) is 13.3 Å². The Morgan fingerprint density at radius 3 is 2.00 bits per heavy atom. The normalized spacial score (nSPS) is 7.83. The second-order valence-corrected chi connectivity index (χ2v) is 1.99. The largest absolute Gasteiger partial charge is 0.505 e. The van der Waals surface area contributed by atoms with Gasteiger partial charge in [0.25, 0.3) is 5.97 Å². The molecule has 0 atom stereocenters. The first-order chi connectivity index (χ1) is 5.50. The highest BCUT2D eigenvalue weighted by atomic mass is 16.7. The van der Waals surface area contributed by atoms with Crippen molar-refractivity contribution < 1.29 is 24.5 Å². The fraction of sp³-hybridized carbons (Fsp3) is 0.714. The van der Waals surface area contributed by atoms with E-state index in [4.69, 9.17) is 15.0 Å². The van der Waals surface area contributed by atoms with Crippen molar-refractivity contribution in [3.05, 3.63) is 0 Å². The molecular formula is C7H14O5. The summed E-state index contributed by atoms with van der Waals surface area (Å²) < 4.78 is 4.20. The molecule has 5 heteroatoms. The smallest absolute Gasteiger partial charge is 0.481 e. The number of ether oxygens (including phenoxy) is 1. The lowest BCUT2D eigenvalue weighted by Gasteiger charge is -1.94. The standard InChI is InChI=1S/C5H10O3.C2H4O2/c1-2-3-4-8-5(6)7;1-2(3)4/h2-4H2,1H3,(H,6,7);1H3,(H,3,4). The predicted molar refractivity (Wildman–Crippen MR) is 42.2 cm³/mol. The topological polar surface area (TPSA) is 83.8 Å². The molecule has 0 saturated heterocycles. The summed E-state index contributed by atoms with van der Waals surface area (Å²) in [6, 6.07) is 0. The van der Waals surface area contributed by atoms with Gasteiger partial charge in [0, 0.05) is 6.92 Å². The predicted octanol–water partition coefficient (Wildman–Crippen LogP) is 1.57. The van der Waals surface area contributed by atoms with Crippen LogP contribution in [0.2, 0.25) is 0 Å². The molecule has 0 aromatic rings. The molecule has 0 heterocycles. The number of carbonyl (C=O) groups is 2. The zero-order valence-corrected chi connectivity index (χ0v) is 7.24. The number of carboxylic acids is 1. The first-order valence-corrected chi connectivity index (χ1v) is 3.56. The van der Waals surface area contributed by atoms with E-state index in [0.29, 0.717) is 6.61 Å². The molecule has 0 aromatic carbocycles. The molecule has 0 aromatic heterocycles. The third-order valence-electron chi connectivity index (χ3n) is 0.723. The van der Waals surface area contributed by atoms with E-state index in [-0.39, 0.29) is 0 Å². The maximum Gasteiger partial charge on any atom is 0.505 e. The van der Waals surface area contributed by atoms with Crippen LogP contribution in [0.15, 0.2) is 0 Å². The van der Waals surface area contributed by atoms with Gasteiger partial charge in [-0.2, -0.15) is 0 Å². The van der Waals surface area contributed by atoms with Crippen LogP contribution in [0, 0.1) is 0 Å². The first-order valence-electron chi connectivity index (χ1n) is 3.56. The Labute approximate surface area is 71.0 Å². The van der Waals surface area contributed by atoms with Crippen LogP contribution in [0.1, 0.15) is 26.7 Å². The van der Waals surface area contributed by atoms with E-state index in [9.17, 15) is 4.79 Å². The summed E-state index contributed by atoms with van der Waals surface area (Å²) >= 11 is 0. The number of hydrogen-bond donors (Lipinski definition) is 2. The number of carboxylic acid groups (broad SMARTS) is 2. The third-order valence-corrected chi connectivity index (χ3v) is 0.723. The Morgan fingerprint density at radius 1 is 1.33 bits per heavy atom. The zero-order chi connectivity index (χ0) is 9.98. The molecule has 5 nitrogen and oxygen atoms in total. The number of hydrogen-bond acceptors (Lipinski definition) is 3. The van der Waals surface area contributed by atoms with Crippen molar-refractivity contribution in [2.45, 2.75) is 26.7 Å². The minimum Gasteiger partial charge on any atom is -0.481 e. The van der Waals surface area contributed by atoms with Gasteiger partial charge in [-0.3, -0.25) is 4.79 Å². The van der Waals surface area contributed by atoms with E-state index in [1.807, 2.05) is 6.92 Å². The molecule has 0 rings (SSSR count). The Balaban J connectivity index is 0. The Bertz CT molecular complexity index is 128. The highest BCUT2D eigenvalue weighted by Gasteiger charge is 1.91. The third kappa shape index (κ3) is 37.4. The molecule has 0 aliphatic carbocycles. The summed E-state index contributed by atoms with van der Waals surface area (Å²) in [6.45, 7) is 3.39. The molecule has 0 bridgehead atoms. The van der Waals surface area contributed by atoms with Crippen molar-refractivity contribution in [2.24, 2.45) is 0 Å². The van der Waals surface area contributed by atoms with E-state index < -0.39 is 12.1 Å². The lowest BCUT2D eigenvalue weighted by Crippen LogP contribution is -2.00. The molecule has 0 saturated carbocycles. The van der Waals surface area contributed by atoms with Crippen molar-refractivity contribution in [3.63, 3.8) is 0 Å². The summed E-state index contributed by atoms with van der Waals surface area (Å²) in [5.74, 6) is -0.833. The number of aliphatic carboxylic acids is 1. The van der Waals surface area contributed by atoms with Crippen LogP contribution < -0.4 is 0 Å². The Kier molecular flexibility index (Phi) is 10.8. The van der Waals surface area contributed by atoms with Crippen LogP contribution in [-0.2, 0) is 9.53 Å². The highest BCUT2D eigenvalue weighted by Crippen LogP contribution is 1.86. The van der Waals surface area contributed by atoms with Gasteiger partial charge in [-0.25, -0.2) is 4.79 Å².